The molecule has 0 saturated heterocycles. The van der Waals surface area contributed by atoms with Crippen LogP contribution in [0.25, 0.3) is 20.9 Å². The van der Waals surface area contributed by atoms with E-state index in [1.54, 1.807) is 37.3 Å². The zero-order valence-electron chi connectivity index (χ0n) is 27.9. The van der Waals surface area contributed by atoms with Gasteiger partial charge in [-0.05, 0) is 78.7 Å². The van der Waals surface area contributed by atoms with Gasteiger partial charge in [0.2, 0.25) is 11.6 Å². The van der Waals surface area contributed by atoms with E-state index in [4.69, 9.17) is 28.2 Å². The molecule has 268 valence electrons. The van der Waals surface area contributed by atoms with Crippen LogP contribution in [0.4, 0.5) is 8.78 Å². The molecule has 1 N–H and O–H groups in total. The quantitative estimate of drug-likeness (QED) is 0.0902. The molecule has 0 fully saturated rings. The SMILES string of the molecule is CCOC(=O)Cc1cc(C(=O)c2ccco2)sc1-c1ccc(F)cc1OC.COc1cc(F)ccc1-c1sc(C(=O)c2ccco2)cc1CC(=O)O. The number of benzene rings is 2. The van der Waals surface area contributed by atoms with Crippen molar-refractivity contribution in [3.8, 4) is 32.4 Å². The Balaban J connectivity index is 0.000000202. The second kappa shape index (κ2) is 16.9. The van der Waals surface area contributed by atoms with E-state index >= 15 is 0 Å². The number of aliphatic carboxylic acids is 1. The number of furan rings is 2. The van der Waals surface area contributed by atoms with Gasteiger partial charge in [-0.3, -0.25) is 19.2 Å². The van der Waals surface area contributed by atoms with Gasteiger partial charge in [0, 0.05) is 33.0 Å². The fraction of sp³-hybridized carbons (Fsp3) is 0.158. The van der Waals surface area contributed by atoms with E-state index in [9.17, 15) is 28.0 Å². The lowest BCUT2D eigenvalue weighted by Gasteiger charge is -2.09. The van der Waals surface area contributed by atoms with Crippen LogP contribution in [0.15, 0.2) is 94.2 Å². The summed E-state index contributed by atoms with van der Waals surface area (Å²) in [6.07, 6.45) is 2.54. The maximum atomic E-state index is 13.6. The molecule has 0 spiro atoms. The first kappa shape index (κ1) is 37.4. The molecule has 52 heavy (non-hydrogen) atoms. The molecule has 6 aromatic rings. The highest BCUT2D eigenvalue weighted by atomic mass is 32.1. The molecule has 10 nitrogen and oxygen atoms in total. The number of hydrogen-bond donors (Lipinski definition) is 1. The number of thiophene rings is 2. The Bertz CT molecular complexity index is 2200. The van der Waals surface area contributed by atoms with Gasteiger partial charge < -0.3 is 28.2 Å². The summed E-state index contributed by atoms with van der Waals surface area (Å²) in [6.45, 7) is 1.98. The third kappa shape index (κ3) is 8.71. The van der Waals surface area contributed by atoms with E-state index in [1.165, 1.54) is 80.5 Å². The number of halogens is 2. The highest BCUT2D eigenvalue weighted by molar-refractivity contribution is 7.18. The number of carbonyl (C=O) groups is 4. The smallest absolute Gasteiger partial charge is 0.310 e. The third-order valence-corrected chi connectivity index (χ3v) is 9.77. The predicted octanol–water partition coefficient (Wildman–Crippen LogP) is 8.51. The van der Waals surface area contributed by atoms with Crippen LogP contribution >= 0.6 is 22.7 Å². The predicted molar refractivity (Wildman–Crippen MR) is 188 cm³/mol. The summed E-state index contributed by atoms with van der Waals surface area (Å²) in [6, 6.07) is 17.6. The molecular weight excluding hydrogens is 719 g/mol. The second-order valence-electron chi connectivity index (χ2n) is 10.8. The summed E-state index contributed by atoms with van der Waals surface area (Å²) < 4.78 is 52.8. The Labute approximate surface area is 303 Å². The highest BCUT2D eigenvalue weighted by Gasteiger charge is 2.24. The second-order valence-corrected chi connectivity index (χ2v) is 12.9. The van der Waals surface area contributed by atoms with Crippen LogP contribution in [0.5, 0.6) is 11.5 Å². The molecule has 4 heterocycles. The molecule has 0 bridgehead atoms. The molecule has 0 aliphatic heterocycles. The van der Waals surface area contributed by atoms with Gasteiger partial charge >= 0.3 is 11.9 Å². The molecule has 4 aromatic heterocycles. The highest BCUT2D eigenvalue weighted by Crippen LogP contribution is 2.41. The molecule has 0 atom stereocenters. The van der Waals surface area contributed by atoms with Crippen LogP contribution in [-0.4, -0.2) is 49.4 Å². The molecule has 0 aliphatic carbocycles. The van der Waals surface area contributed by atoms with Crippen LogP contribution in [-0.2, 0) is 27.2 Å². The number of carbonyl (C=O) groups excluding carboxylic acids is 3. The van der Waals surface area contributed by atoms with Crippen molar-refractivity contribution in [1.29, 1.82) is 0 Å². The summed E-state index contributed by atoms with van der Waals surface area (Å²) >= 11 is 2.32. The lowest BCUT2D eigenvalue weighted by atomic mass is 10.1. The molecule has 0 unspecified atom stereocenters. The fourth-order valence-corrected chi connectivity index (χ4v) is 7.40. The molecule has 0 radical (unpaired) electrons. The molecule has 0 aliphatic rings. The van der Waals surface area contributed by atoms with Gasteiger partial charge in [0.25, 0.3) is 0 Å². The fourth-order valence-electron chi connectivity index (χ4n) is 5.09. The molecule has 14 heteroatoms. The topological polar surface area (TPSA) is 142 Å². The number of ketones is 2. The number of carboxylic acids is 1. The van der Waals surface area contributed by atoms with Crippen molar-refractivity contribution >= 4 is 46.2 Å². The summed E-state index contributed by atoms with van der Waals surface area (Å²) in [5.41, 5.74) is 2.20. The summed E-state index contributed by atoms with van der Waals surface area (Å²) in [5, 5.41) is 9.15. The first-order chi connectivity index (χ1) is 25.0. The maximum Gasteiger partial charge on any atom is 0.310 e. The van der Waals surface area contributed by atoms with Crippen molar-refractivity contribution in [1.82, 2.24) is 0 Å². The van der Waals surface area contributed by atoms with E-state index in [-0.39, 0.29) is 48.3 Å². The molecule has 0 amide bonds. The number of rotatable bonds is 13. The van der Waals surface area contributed by atoms with Crippen molar-refractivity contribution in [2.45, 2.75) is 19.8 Å². The van der Waals surface area contributed by atoms with E-state index in [0.717, 1.165) is 11.3 Å². The van der Waals surface area contributed by atoms with Crippen molar-refractivity contribution in [3.63, 3.8) is 0 Å². The Morgan fingerprint density at radius 2 is 1.15 bits per heavy atom. The lowest BCUT2D eigenvalue weighted by Crippen LogP contribution is -2.07. The first-order valence-corrected chi connectivity index (χ1v) is 17.1. The average molecular weight is 749 g/mol. The van der Waals surface area contributed by atoms with Gasteiger partial charge in [-0.15, -0.1) is 22.7 Å². The average Bonchev–Trinajstić information content (AvgIpc) is 3.96. The van der Waals surface area contributed by atoms with E-state index in [2.05, 4.69) is 0 Å². The van der Waals surface area contributed by atoms with Crippen LogP contribution < -0.4 is 9.47 Å². The number of esters is 1. The van der Waals surface area contributed by atoms with E-state index < -0.39 is 23.6 Å². The maximum absolute atomic E-state index is 13.6. The number of methoxy groups -OCH3 is 2. The number of carboxylic acid groups (broad SMARTS) is 1. The minimum atomic E-state index is -1.03. The normalized spacial score (nSPS) is 10.6. The summed E-state index contributed by atoms with van der Waals surface area (Å²) in [7, 11) is 2.84. The Kier molecular flexibility index (Phi) is 12.2. The monoisotopic (exact) mass is 748 g/mol. The van der Waals surface area contributed by atoms with Gasteiger partial charge in [0.05, 0.1) is 55.9 Å². The van der Waals surface area contributed by atoms with Crippen LogP contribution in [0.2, 0.25) is 0 Å². The summed E-state index contributed by atoms with van der Waals surface area (Å²) in [4.78, 5) is 50.2. The van der Waals surface area contributed by atoms with E-state index in [0.29, 0.717) is 47.5 Å². The van der Waals surface area contributed by atoms with Gasteiger partial charge in [0.15, 0.2) is 11.5 Å². The number of ether oxygens (including phenoxy) is 3. The van der Waals surface area contributed by atoms with Crippen molar-refractivity contribution in [2.75, 3.05) is 20.8 Å². The summed E-state index contributed by atoms with van der Waals surface area (Å²) in [5.74, 6) is -2.01. The zero-order chi connectivity index (χ0) is 37.4. The largest absolute Gasteiger partial charge is 0.496 e. The van der Waals surface area contributed by atoms with Crippen molar-refractivity contribution < 1.29 is 56.1 Å². The first-order valence-electron chi connectivity index (χ1n) is 15.5. The van der Waals surface area contributed by atoms with E-state index in [1.807, 2.05) is 0 Å². The molecule has 6 rings (SSSR count). The Hall–Kier alpha value is -5.86. The van der Waals surface area contributed by atoms with Crippen molar-refractivity contribution in [2.24, 2.45) is 0 Å². The van der Waals surface area contributed by atoms with Crippen molar-refractivity contribution in [3.05, 3.63) is 129 Å². The zero-order valence-corrected chi connectivity index (χ0v) is 29.5. The minimum absolute atomic E-state index is 0.00829. The standard InChI is InChI=1S/C20H17FO5S.C18H13FO5S/c1-3-25-18(22)10-12-9-17(19(23)15-5-4-8-26-15)27-20(12)14-7-6-13(21)11-16(14)24-2;1-23-14-9-11(19)4-5-12(14)18-10(8-16(20)21)7-15(25-18)17(22)13-3-2-6-24-13/h4-9,11H,3,10H2,1-2H3;2-7,9H,8H2,1H3,(H,20,21). The van der Waals surface area contributed by atoms with Crippen LogP contribution in [0.1, 0.15) is 48.9 Å². The number of hydrogen-bond acceptors (Lipinski definition) is 11. The van der Waals surface area contributed by atoms with Gasteiger partial charge in [0.1, 0.15) is 23.1 Å². The molecular formula is C38H30F2O10S2. The van der Waals surface area contributed by atoms with Gasteiger partial charge in [-0.25, -0.2) is 8.78 Å². The van der Waals surface area contributed by atoms with Crippen LogP contribution in [0.3, 0.4) is 0 Å². The van der Waals surface area contributed by atoms with Gasteiger partial charge in [-0.2, -0.15) is 0 Å². The molecule has 2 aromatic carbocycles. The third-order valence-electron chi connectivity index (χ3n) is 7.35. The van der Waals surface area contributed by atoms with Crippen LogP contribution in [0, 0.1) is 11.6 Å². The Morgan fingerprint density at radius 1 is 0.692 bits per heavy atom. The molecule has 0 saturated carbocycles. The Morgan fingerprint density at radius 3 is 1.54 bits per heavy atom. The van der Waals surface area contributed by atoms with Gasteiger partial charge in [-0.1, -0.05) is 0 Å². The lowest BCUT2D eigenvalue weighted by molar-refractivity contribution is -0.142. The minimum Gasteiger partial charge on any atom is -0.496 e.